The topological polar surface area (TPSA) is 96.3 Å². The molecule has 1 aromatic carbocycles. The highest BCUT2D eigenvalue weighted by Crippen LogP contribution is 2.78. The molecule has 8 unspecified atom stereocenters. The lowest BCUT2D eigenvalue weighted by atomic mass is 9.32. The van der Waals surface area contributed by atoms with E-state index in [1.54, 1.807) is 14.2 Å². The van der Waals surface area contributed by atoms with Gasteiger partial charge in [-0.2, -0.15) is 0 Å². The number of hydrogen-bond donors (Lipinski definition) is 2. The molecule has 1 aromatic rings. The number of amides is 1. The minimum atomic E-state index is -1.07. The molecule has 2 spiro atoms. The molecule has 4 saturated carbocycles. The summed E-state index contributed by atoms with van der Waals surface area (Å²) >= 11 is 0. The van der Waals surface area contributed by atoms with Crippen molar-refractivity contribution < 1.29 is 29.3 Å². The first kappa shape index (κ1) is 34.8. The van der Waals surface area contributed by atoms with E-state index < -0.39 is 16.4 Å². The number of methoxy groups -OCH3 is 2. The molecule has 4 fully saturated rings. The molecule has 1 amide bonds. The van der Waals surface area contributed by atoms with Crippen LogP contribution in [0, 0.1) is 39.4 Å². The predicted octanol–water partition coefficient (Wildman–Crippen LogP) is 7.23. The summed E-state index contributed by atoms with van der Waals surface area (Å²) in [6, 6.07) is 5.61. The first-order valence-electron chi connectivity index (χ1n) is 19.3. The van der Waals surface area contributed by atoms with Crippen LogP contribution in [0.1, 0.15) is 110 Å². The Morgan fingerprint density at radius 2 is 1.59 bits per heavy atom. The molecule has 0 radical (unpaired) electrons. The van der Waals surface area contributed by atoms with Crippen LogP contribution in [0.25, 0.3) is 0 Å². The van der Waals surface area contributed by atoms with Gasteiger partial charge in [0.25, 0.3) is 0 Å². The summed E-state index contributed by atoms with van der Waals surface area (Å²) in [5.41, 5.74) is -0.431. The third-order valence-corrected chi connectivity index (χ3v) is 15.1. The van der Waals surface area contributed by atoms with Gasteiger partial charge in [0, 0.05) is 40.8 Å². The Balaban J connectivity index is 1.23. The van der Waals surface area contributed by atoms with Crippen molar-refractivity contribution in [3.63, 3.8) is 0 Å². The van der Waals surface area contributed by atoms with Crippen LogP contribution >= 0.6 is 0 Å². The number of aliphatic hydroxyl groups is 2. The molecule has 0 aromatic heterocycles. The zero-order chi connectivity index (χ0) is 34.8. The van der Waals surface area contributed by atoms with Gasteiger partial charge in [-0.05, 0) is 99.2 Å². The predicted molar refractivity (Wildman–Crippen MR) is 190 cm³/mol. The number of allylic oxidation sites excluding steroid dienone is 4. The number of Topliss-reactive ketones (excluding diaryl/α,β-unsaturated/α-hetero) is 1. The molecule has 268 valence electrons. The van der Waals surface area contributed by atoms with Crippen molar-refractivity contribution in [2.45, 2.75) is 122 Å². The van der Waals surface area contributed by atoms with Crippen LogP contribution in [0.2, 0.25) is 0 Å². The maximum absolute atomic E-state index is 14.8. The maximum atomic E-state index is 14.8. The quantitative estimate of drug-likeness (QED) is 0.255. The number of fused-ring (bicyclic) bond motifs is 1. The Hall–Kier alpha value is -2.64. The van der Waals surface area contributed by atoms with E-state index in [-0.39, 0.29) is 41.1 Å². The summed E-state index contributed by atoms with van der Waals surface area (Å²) in [4.78, 5) is 30.7. The van der Waals surface area contributed by atoms with Crippen molar-refractivity contribution in [1.82, 2.24) is 4.90 Å². The Morgan fingerprint density at radius 3 is 2.31 bits per heavy atom. The average molecular weight is 674 g/mol. The monoisotopic (exact) mass is 673 g/mol. The highest BCUT2D eigenvalue weighted by Gasteiger charge is 2.74. The number of carbonyl (C=O) groups excluding carboxylic acids is 2. The van der Waals surface area contributed by atoms with Crippen LogP contribution in [-0.4, -0.2) is 65.8 Å². The first-order valence-corrected chi connectivity index (χ1v) is 19.3. The van der Waals surface area contributed by atoms with Gasteiger partial charge in [-0.25, -0.2) is 0 Å². The number of ether oxygens (including phenoxy) is 2. The lowest BCUT2D eigenvalue weighted by molar-refractivity contribution is -0.181. The SMILES string of the molecule is CCCN(CC1(O)CCC2C34C=CC5(C=C3C(=O)C3CCCCC3)CC(O)CCC5(C)C4CCC21C)C(=O)Cc1ccc(OC)c(OC)c1. The smallest absolute Gasteiger partial charge is 0.227 e. The molecule has 0 saturated heterocycles. The van der Waals surface area contributed by atoms with Crippen molar-refractivity contribution in [3.8, 4) is 11.5 Å². The lowest BCUT2D eigenvalue weighted by Crippen LogP contribution is -2.67. The van der Waals surface area contributed by atoms with Gasteiger partial charge in [-0.1, -0.05) is 64.3 Å². The molecule has 0 heterocycles. The Labute approximate surface area is 293 Å². The van der Waals surface area contributed by atoms with E-state index in [9.17, 15) is 19.8 Å². The van der Waals surface area contributed by atoms with Gasteiger partial charge >= 0.3 is 0 Å². The second kappa shape index (κ2) is 12.5. The van der Waals surface area contributed by atoms with E-state index in [4.69, 9.17) is 9.47 Å². The number of aliphatic hydroxyl groups excluding tert-OH is 1. The molecule has 7 heteroatoms. The van der Waals surface area contributed by atoms with Gasteiger partial charge < -0.3 is 24.6 Å². The molecule has 7 aliphatic carbocycles. The molecule has 7 nitrogen and oxygen atoms in total. The van der Waals surface area contributed by atoms with Crippen LogP contribution in [0.3, 0.4) is 0 Å². The summed E-state index contributed by atoms with van der Waals surface area (Å²) in [6.07, 6.45) is 18.9. The zero-order valence-electron chi connectivity index (χ0n) is 30.6. The van der Waals surface area contributed by atoms with Crippen LogP contribution in [0.5, 0.6) is 11.5 Å². The van der Waals surface area contributed by atoms with Crippen molar-refractivity contribution >= 4 is 11.7 Å². The second-order valence-electron chi connectivity index (χ2n) is 17.2. The number of hydrogen-bond acceptors (Lipinski definition) is 6. The van der Waals surface area contributed by atoms with Gasteiger partial charge in [0.2, 0.25) is 5.91 Å². The Morgan fingerprint density at radius 1 is 0.898 bits per heavy atom. The van der Waals surface area contributed by atoms with E-state index >= 15 is 0 Å². The first-order chi connectivity index (χ1) is 23.4. The molecule has 0 aliphatic heterocycles. The summed E-state index contributed by atoms with van der Waals surface area (Å²) in [5, 5.41) is 23.9. The molecule has 8 rings (SSSR count). The number of carbonyl (C=O) groups is 2. The highest BCUT2D eigenvalue weighted by atomic mass is 16.5. The van der Waals surface area contributed by atoms with Crippen LogP contribution in [0.15, 0.2) is 42.0 Å². The molecule has 8 atom stereocenters. The van der Waals surface area contributed by atoms with Crippen molar-refractivity contribution in [2.24, 2.45) is 39.4 Å². The van der Waals surface area contributed by atoms with Crippen molar-refractivity contribution in [3.05, 3.63) is 47.6 Å². The van der Waals surface area contributed by atoms with Gasteiger partial charge in [0.1, 0.15) is 0 Å². The number of benzene rings is 1. The fourth-order valence-corrected chi connectivity index (χ4v) is 12.4. The van der Waals surface area contributed by atoms with Crippen molar-refractivity contribution in [2.75, 3.05) is 27.3 Å². The van der Waals surface area contributed by atoms with E-state index in [0.29, 0.717) is 49.1 Å². The Bertz CT molecular complexity index is 1530. The third kappa shape index (κ3) is 5.10. The molecular formula is C42H59NO6. The summed E-state index contributed by atoms with van der Waals surface area (Å²) in [7, 11) is 3.20. The molecular weight excluding hydrogens is 614 g/mol. The Kier molecular flexibility index (Phi) is 8.91. The second-order valence-corrected chi connectivity index (χ2v) is 17.2. The standard InChI is InChI=1S/C42H59NO6/c1-6-22-43(36(45)24-28-12-13-32(48-4)33(23-28)49-5)27-41(47)19-16-35-39(41,3)18-15-34-38(2)17-14-30(44)25-40(38)20-21-42(34,35)31(26-40)37(46)29-10-8-7-9-11-29/h12-13,20-21,23,26,29-30,34-35,44,47H,6-11,14-19,22,24-25,27H2,1-5H3. The third-order valence-electron chi connectivity index (χ3n) is 15.1. The fraction of sp³-hybridized carbons (Fsp3) is 0.714. The van der Waals surface area contributed by atoms with E-state index in [1.807, 2.05) is 23.1 Å². The van der Waals surface area contributed by atoms with Crippen LogP contribution in [-0.2, 0) is 16.0 Å². The summed E-state index contributed by atoms with van der Waals surface area (Å²) in [5.74, 6) is 2.04. The largest absolute Gasteiger partial charge is 0.493 e. The fourth-order valence-electron chi connectivity index (χ4n) is 12.4. The van der Waals surface area contributed by atoms with Gasteiger partial charge in [-0.15, -0.1) is 0 Å². The van der Waals surface area contributed by atoms with Gasteiger partial charge in [-0.3, -0.25) is 9.59 Å². The summed E-state index contributed by atoms with van der Waals surface area (Å²) < 4.78 is 10.9. The van der Waals surface area contributed by atoms with E-state index in [0.717, 1.165) is 75.3 Å². The number of rotatable bonds is 10. The van der Waals surface area contributed by atoms with E-state index in [1.165, 1.54) is 6.42 Å². The number of nitrogens with zero attached hydrogens (tertiary/aromatic N) is 1. The maximum Gasteiger partial charge on any atom is 0.227 e. The van der Waals surface area contributed by atoms with Crippen LogP contribution in [0.4, 0.5) is 0 Å². The minimum absolute atomic E-state index is 0.00254. The zero-order valence-corrected chi connectivity index (χ0v) is 30.6. The van der Waals surface area contributed by atoms with E-state index in [2.05, 4.69) is 39.0 Å². The molecule has 7 aliphatic rings. The number of ketones is 1. The van der Waals surface area contributed by atoms with Crippen molar-refractivity contribution in [1.29, 1.82) is 0 Å². The lowest BCUT2D eigenvalue weighted by Gasteiger charge is -2.71. The molecule has 2 N–H and O–H groups in total. The molecule has 49 heavy (non-hydrogen) atoms. The summed E-state index contributed by atoms with van der Waals surface area (Å²) in [6.45, 7) is 7.68. The molecule has 2 bridgehead atoms. The minimum Gasteiger partial charge on any atom is -0.493 e. The van der Waals surface area contributed by atoms with Gasteiger partial charge in [0.05, 0.1) is 32.3 Å². The van der Waals surface area contributed by atoms with Gasteiger partial charge in [0.15, 0.2) is 17.3 Å². The average Bonchev–Trinajstić information content (AvgIpc) is 3.37. The van der Waals surface area contributed by atoms with Crippen LogP contribution < -0.4 is 9.47 Å². The highest BCUT2D eigenvalue weighted by molar-refractivity contribution is 6.00. The normalized spacial score (nSPS) is 39.4.